The molecular formula is C12H14O2. The first kappa shape index (κ1) is 8.45. The summed E-state index contributed by atoms with van der Waals surface area (Å²) in [4.78, 5) is 0. The Labute approximate surface area is 83.8 Å². The van der Waals surface area contributed by atoms with Crippen LogP contribution in [0.3, 0.4) is 0 Å². The van der Waals surface area contributed by atoms with Crippen molar-refractivity contribution < 1.29 is 9.47 Å². The van der Waals surface area contributed by atoms with Crippen molar-refractivity contribution in [2.75, 3.05) is 13.2 Å². The number of benzene rings is 1. The molecule has 0 N–H and O–H groups in total. The van der Waals surface area contributed by atoms with Gasteiger partial charge in [-0.25, -0.2) is 0 Å². The predicted molar refractivity (Wildman–Crippen MR) is 53.2 cm³/mol. The van der Waals surface area contributed by atoms with Gasteiger partial charge in [0.2, 0.25) is 0 Å². The van der Waals surface area contributed by atoms with Crippen LogP contribution in [0.25, 0.3) is 0 Å². The third-order valence-electron chi connectivity index (χ3n) is 2.91. The van der Waals surface area contributed by atoms with Gasteiger partial charge in [0.15, 0.2) is 0 Å². The molecule has 1 aliphatic carbocycles. The molecular weight excluding hydrogens is 176 g/mol. The van der Waals surface area contributed by atoms with Gasteiger partial charge in [0, 0.05) is 0 Å². The van der Waals surface area contributed by atoms with E-state index in [2.05, 4.69) is 18.2 Å². The summed E-state index contributed by atoms with van der Waals surface area (Å²) in [6.45, 7) is 2.36. The Morgan fingerprint density at radius 2 is 2.14 bits per heavy atom. The van der Waals surface area contributed by atoms with Crippen molar-refractivity contribution in [2.24, 2.45) is 0 Å². The Bertz CT molecular complexity index is 342. The standard InChI is InChI=1S/C12H14O2/c1-2-10-3-4-11(10)5-9(1)6-13-7-12-8-14-12/h1-2,5,12H,3-4,6-8H2. The first-order valence-corrected chi connectivity index (χ1v) is 5.22. The largest absolute Gasteiger partial charge is 0.374 e. The van der Waals surface area contributed by atoms with Crippen LogP contribution >= 0.6 is 0 Å². The van der Waals surface area contributed by atoms with E-state index in [1.807, 2.05) is 0 Å². The van der Waals surface area contributed by atoms with Crippen molar-refractivity contribution in [1.82, 2.24) is 0 Å². The molecule has 0 aromatic heterocycles. The SMILES string of the molecule is c1cc2c(cc1COCC1CO1)CC2. The normalized spacial score (nSPS) is 22.7. The minimum absolute atomic E-state index is 0.377. The number of rotatable bonds is 4. The van der Waals surface area contributed by atoms with Crippen molar-refractivity contribution in [2.45, 2.75) is 25.6 Å². The van der Waals surface area contributed by atoms with Crippen LogP contribution in [-0.2, 0) is 28.9 Å². The second-order valence-corrected chi connectivity index (χ2v) is 4.07. The van der Waals surface area contributed by atoms with E-state index >= 15 is 0 Å². The Morgan fingerprint density at radius 1 is 1.29 bits per heavy atom. The van der Waals surface area contributed by atoms with E-state index in [1.165, 1.54) is 29.5 Å². The molecule has 0 radical (unpaired) electrons. The average molecular weight is 190 g/mol. The van der Waals surface area contributed by atoms with Gasteiger partial charge in [-0.05, 0) is 29.5 Å². The van der Waals surface area contributed by atoms with Crippen molar-refractivity contribution >= 4 is 0 Å². The molecule has 0 spiro atoms. The van der Waals surface area contributed by atoms with E-state index in [0.717, 1.165) is 19.8 Å². The summed E-state index contributed by atoms with van der Waals surface area (Å²) in [5.41, 5.74) is 4.32. The first-order chi connectivity index (χ1) is 6.92. The third kappa shape index (κ3) is 1.68. The van der Waals surface area contributed by atoms with Gasteiger partial charge in [0.25, 0.3) is 0 Å². The van der Waals surface area contributed by atoms with Crippen molar-refractivity contribution in [1.29, 1.82) is 0 Å². The minimum Gasteiger partial charge on any atom is -0.374 e. The second kappa shape index (κ2) is 3.37. The maximum absolute atomic E-state index is 5.54. The molecule has 0 saturated carbocycles. The highest BCUT2D eigenvalue weighted by Gasteiger charge is 2.22. The van der Waals surface area contributed by atoms with Crippen LogP contribution in [0.1, 0.15) is 16.7 Å². The third-order valence-corrected chi connectivity index (χ3v) is 2.91. The molecule has 0 amide bonds. The van der Waals surface area contributed by atoms with Crippen LogP contribution in [0, 0.1) is 0 Å². The highest BCUT2D eigenvalue weighted by atomic mass is 16.6. The lowest BCUT2D eigenvalue weighted by Crippen LogP contribution is -2.09. The van der Waals surface area contributed by atoms with Gasteiger partial charge < -0.3 is 9.47 Å². The first-order valence-electron chi connectivity index (χ1n) is 5.22. The van der Waals surface area contributed by atoms with E-state index in [-0.39, 0.29) is 0 Å². The number of aryl methyl sites for hydroxylation is 2. The molecule has 1 unspecified atom stereocenters. The summed E-state index contributed by atoms with van der Waals surface area (Å²) in [5, 5.41) is 0. The van der Waals surface area contributed by atoms with E-state index in [0.29, 0.717) is 6.10 Å². The second-order valence-electron chi connectivity index (χ2n) is 4.07. The molecule has 1 fully saturated rings. The Morgan fingerprint density at radius 3 is 2.79 bits per heavy atom. The molecule has 74 valence electrons. The molecule has 14 heavy (non-hydrogen) atoms. The Hall–Kier alpha value is -0.860. The maximum Gasteiger partial charge on any atom is 0.104 e. The number of hydrogen-bond donors (Lipinski definition) is 0. The topological polar surface area (TPSA) is 21.8 Å². The summed E-state index contributed by atoms with van der Waals surface area (Å²) in [5.74, 6) is 0. The molecule has 1 saturated heterocycles. The lowest BCUT2D eigenvalue weighted by Gasteiger charge is -2.19. The Kier molecular flexibility index (Phi) is 2.03. The molecule has 1 aliphatic heterocycles. The Balaban J connectivity index is 1.56. The predicted octanol–water partition coefficient (Wildman–Crippen LogP) is 1.70. The minimum atomic E-state index is 0.377. The van der Waals surface area contributed by atoms with Crippen LogP contribution in [0.4, 0.5) is 0 Å². The van der Waals surface area contributed by atoms with Crippen molar-refractivity contribution in [3.63, 3.8) is 0 Å². The fraction of sp³-hybridized carbons (Fsp3) is 0.500. The molecule has 2 heteroatoms. The summed E-state index contributed by atoms with van der Waals surface area (Å²) in [7, 11) is 0. The lowest BCUT2D eigenvalue weighted by atomic mass is 9.87. The molecule has 1 aromatic carbocycles. The number of epoxide rings is 1. The van der Waals surface area contributed by atoms with Gasteiger partial charge >= 0.3 is 0 Å². The summed E-state index contributed by atoms with van der Waals surface area (Å²) >= 11 is 0. The molecule has 1 atom stereocenters. The summed E-state index contributed by atoms with van der Waals surface area (Å²) < 4.78 is 10.6. The average Bonchev–Trinajstić information content (AvgIpc) is 2.93. The zero-order valence-electron chi connectivity index (χ0n) is 8.16. The van der Waals surface area contributed by atoms with E-state index in [1.54, 1.807) is 0 Å². The van der Waals surface area contributed by atoms with Crippen molar-refractivity contribution in [3.8, 4) is 0 Å². The summed E-state index contributed by atoms with van der Waals surface area (Å²) in [6, 6.07) is 6.67. The molecule has 3 rings (SSSR count). The molecule has 1 aromatic rings. The monoisotopic (exact) mass is 190 g/mol. The van der Waals surface area contributed by atoms with Gasteiger partial charge in [-0.2, -0.15) is 0 Å². The maximum atomic E-state index is 5.54. The van der Waals surface area contributed by atoms with Crippen LogP contribution in [0.15, 0.2) is 18.2 Å². The van der Waals surface area contributed by atoms with E-state index in [9.17, 15) is 0 Å². The number of ether oxygens (including phenoxy) is 2. The highest BCUT2D eigenvalue weighted by molar-refractivity contribution is 5.38. The number of hydrogen-bond acceptors (Lipinski definition) is 2. The van der Waals surface area contributed by atoms with Crippen molar-refractivity contribution in [3.05, 3.63) is 34.9 Å². The van der Waals surface area contributed by atoms with Gasteiger partial charge in [-0.1, -0.05) is 18.2 Å². The smallest absolute Gasteiger partial charge is 0.104 e. The molecule has 1 heterocycles. The zero-order valence-corrected chi connectivity index (χ0v) is 8.16. The molecule has 2 aliphatic rings. The van der Waals surface area contributed by atoms with Gasteiger partial charge in [0.1, 0.15) is 6.10 Å². The molecule has 2 nitrogen and oxygen atoms in total. The highest BCUT2D eigenvalue weighted by Crippen LogP contribution is 2.24. The fourth-order valence-corrected chi connectivity index (χ4v) is 1.81. The van der Waals surface area contributed by atoms with Crippen LogP contribution in [0.5, 0.6) is 0 Å². The van der Waals surface area contributed by atoms with Crippen LogP contribution < -0.4 is 0 Å². The van der Waals surface area contributed by atoms with E-state index in [4.69, 9.17) is 9.47 Å². The quantitative estimate of drug-likeness (QED) is 0.674. The van der Waals surface area contributed by atoms with Gasteiger partial charge in [-0.15, -0.1) is 0 Å². The van der Waals surface area contributed by atoms with Crippen LogP contribution in [0.2, 0.25) is 0 Å². The van der Waals surface area contributed by atoms with Gasteiger partial charge in [-0.3, -0.25) is 0 Å². The van der Waals surface area contributed by atoms with Gasteiger partial charge in [0.05, 0.1) is 19.8 Å². The number of fused-ring (bicyclic) bond motifs is 1. The lowest BCUT2D eigenvalue weighted by molar-refractivity contribution is 0.104. The molecule has 0 bridgehead atoms. The summed E-state index contributed by atoms with van der Waals surface area (Å²) in [6.07, 6.45) is 2.88. The zero-order chi connectivity index (χ0) is 9.38. The van der Waals surface area contributed by atoms with E-state index < -0.39 is 0 Å². The van der Waals surface area contributed by atoms with Crippen LogP contribution in [-0.4, -0.2) is 19.3 Å². The fourth-order valence-electron chi connectivity index (χ4n) is 1.81.